The van der Waals surface area contributed by atoms with Crippen LogP contribution in [0.1, 0.15) is 0 Å². The predicted octanol–water partition coefficient (Wildman–Crippen LogP) is -0.416. The zero-order valence-electron chi connectivity index (χ0n) is 10.2. The summed E-state index contributed by atoms with van der Waals surface area (Å²) in [6.07, 6.45) is 0. The van der Waals surface area contributed by atoms with E-state index >= 15 is 0 Å². The maximum atomic E-state index is 11.3. The van der Waals surface area contributed by atoms with Crippen LogP contribution in [-0.2, 0) is 9.59 Å². The van der Waals surface area contributed by atoms with E-state index in [0.717, 1.165) is 0 Å². The Bertz CT molecular complexity index is 451. The predicted molar refractivity (Wildman–Crippen MR) is 74.7 cm³/mol. The van der Waals surface area contributed by atoms with Gasteiger partial charge in [0.15, 0.2) is 0 Å². The highest BCUT2D eigenvalue weighted by Gasteiger charge is 2.11. The third-order valence-corrected chi connectivity index (χ3v) is 2.17. The van der Waals surface area contributed by atoms with E-state index in [-0.39, 0.29) is 24.7 Å². The molecule has 1 aromatic rings. The Morgan fingerprint density at radius 3 is 2.42 bits per heavy atom. The number of carbonyl (C=O) groups excluding carboxylic acids is 2. The number of nitrogens with two attached hydrogens (primary N) is 1. The SMILES string of the molecule is NC(=S)CNC(=O)C(=O)NCCOc1ccccc1. The topological polar surface area (TPSA) is 93.5 Å². The molecule has 2 amide bonds. The van der Waals surface area contributed by atoms with Gasteiger partial charge < -0.3 is 21.1 Å². The standard InChI is InChI=1S/C12H15N3O3S/c13-10(19)8-15-12(17)11(16)14-6-7-18-9-4-2-1-3-5-9/h1-5H,6-8H2,(H2,13,19)(H,14,16)(H,15,17). The first-order valence-electron chi connectivity index (χ1n) is 5.62. The average molecular weight is 281 g/mol. The van der Waals surface area contributed by atoms with Crippen molar-refractivity contribution in [3.05, 3.63) is 30.3 Å². The summed E-state index contributed by atoms with van der Waals surface area (Å²) in [5.74, 6) is -0.810. The van der Waals surface area contributed by atoms with Crippen LogP contribution in [0, 0.1) is 0 Å². The minimum Gasteiger partial charge on any atom is -0.492 e. The number of hydrogen-bond donors (Lipinski definition) is 3. The zero-order valence-corrected chi connectivity index (χ0v) is 11.0. The lowest BCUT2D eigenvalue weighted by Gasteiger charge is -2.07. The molecule has 0 atom stereocenters. The summed E-state index contributed by atoms with van der Waals surface area (Å²) in [7, 11) is 0. The molecule has 1 aromatic carbocycles. The molecule has 0 unspecified atom stereocenters. The van der Waals surface area contributed by atoms with Crippen LogP contribution in [0.5, 0.6) is 5.75 Å². The van der Waals surface area contributed by atoms with Gasteiger partial charge in [0.1, 0.15) is 12.4 Å². The van der Waals surface area contributed by atoms with Crippen LogP contribution in [0.4, 0.5) is 0 Å². The molecule has 0 radical (unpaired) electrons. The number of amides is 2. The number of rotatable bonds is 6. The van der Waals surface area contributed by atoms with Crippen molar-refractivity contribution in [1.29, 1.82) is 0 Å². The van der Waals surface area contributed by atoms with E-state index in [1.165, 1.54) is 0 Å². The lowest BCUT2D eigenvalue weighted by Crippen LogP contribution is -2.43. The molecule has 4 N–H and O–H groups in total. The van der Waals surface area contributed by atoms with Gasteiger partial charge in [-0.3, -0.25) is 9.59 Å². The summed E-state index contributed by atoms with van der Waals surface area (Å²) in [6.45, 7) is 0.509. The van der Waals surface area contributed by atoms with E-state index in [9.17, 15) is 9.59 Å². The first-order chi connectivity index (χ1) is 9.09. The highest BCUT2D eigenvalue weighted by atomic mass is 32.1. The van der Waals surface area contributed by atoms with E-state index in [2.05, 4.69) is 22.9 Å². The van der Waals surface area contributed by atoms with Gasteiger partial charge in [-0.1, -0.05) is 30.4 Å². The van der Waals surface area contributed by atoms with Crippen LogP contribution in [0.3, 0.4) is 0 Å². The molecular weight excluding hydrogens is 266 g/mol. The van der Waals surface area contributed by atoms with Crippen molar-refractivity contribution in [3.8, 4) is 5.75 Å². The Labute approximate surface area is 116 Å². The van der Waals surface area contributed by atoms with Crippen molar-refractivity contribution in [2.75, 3.05) is 19.7 Å². The summed E-state index contributed by atoms with van der Waals surface area (Å²) in [6, 6.07) is 9.17. The first-order valence-corrected chi connectivity index (χ1v) is 6.02. The van der Waals surface area contributed by atoms with E-state index in [1.54, 1.807) is 12.1 Å². The van der Waals surface area contributed by atoms with Crippen molar-refractivity contribution in [1.82, 2.24) is 10.6 Å². The van der Waals surface area contributed by atoms with Crippen LogP contribution >= 0.6 is 12.2 Å². The summed E-state index contributed by atoms with van der Waals surface area (Å²) in [5, 5.41) is 4.70. The zero-order chi connectivity index (χ0) is 14.1. The third-order valence-electron chi connectivity index (χ3n) is 2.03. The van der Waals surface area contributed by atoms with Gasteiger partial charge in [-0.2, -0.15) is 0 Å². The Morgan fingerprint density at radius 1 is 1.16 bits per heavy atom. The maximum absolute atomic E-state index is 11.3. The normalized spacial score (nSPS) is 9.47. The van der Waals surface area contributed by atoms with Gasteiger partial charge in [-0.05, 0) is 12.1 Å². The summed E-state index contributed by atoms with van der Waals surface area (Å²) < 4.78 is 5.35. The van der Waals surface area contributed by atoms with Crippen LogP contribution in [0.25, 0.3) is 0 Å². The number of carbonyl (C=O) groups is 2. The molecule has 0 spiro atoms. The van der Waals surface area contributed by atoms with E-state index in [4.69, 9.17) is 10.5 Å². The fraction of sp³-hybridized carbons (Fsp3) is 0.250. The highest BCUT2D eigenvalue weighted by Crippen LogP contribution is 2.07. The minimum absolute atomic E-state index is 0.00209. The monoisotopic (exact) mass is 281 g/mol. The Kier molecular flexibility index (Phi) is 6.31. The smallest absolute Gasteiger partial charge is 0.309 e. The Balaban J connectivity index is 2.16. The van der Waals surface area contributed by atoms with Gasteiger partial charge in [0, 0.05) is 0 Å². The molecule has 0 heterocycles. The molecule has 102 valence electrons. The molecule has 0 bridgehead atoms. The minimum atomic E-state index is -0.771. The number of para-hydroxylation sites is 1. The van der Waals surface area contributed by atoms with Crippen molar-refractivity contribution < 1.29 is 14.3 Å². The number of benzene rings is 1. The van der Waals surface area contributed by atoms with Gasteiger partial charge in [-0.15, -0.1) is 0 Å². The molecule has 7 heteroatoms. The van der Waals surface area contributed by atoms with Crippen LogP contribution < -0.4 is 21.1 Å². The quantitative estimate of drug-likeness (QED) is 0.374. The molecule has 0 saturated carbocycles. The Hall–Kier alpha value is -2.15. The third kappa shape index (κ3) is 6.37. The van der Waals surface area contributed by atoms with Crippen LogP contribution in [0.2, 0.25) is 0 Å². The largest absolute Gasteiger partial charge is 0.492 e. The van der Waals surface area contributed by atoms with E-state index < -0.39 is 11.8 Å². The number of hydrogen-bond acceptors (Lipinski definition) is 4. The lowest BCUT2D eigenvalue weighted by molar-refractivity contribution is -0.139. The number of nitrogens with one attached hydrogen (secondary N) is 2. The molecule has 1 rings (SSSR count). The molecule has 0 fully saturated rings. The van der Waals surface area contributed by atoms with Gasteiger partial charge in [0.05, 0.1) is 18.1 Å². The highest BCUT2D eigenvalue weighted by molar-refractivity contribution is 7.80. The van der Waals surface area contributed by atoms with Gasteiger partial charge in [0.2, 0.25) is 0 Å². The maximum Gasteiger partial charge on any atom is 0.309 e. The van der Waals surface area contributed by atoms with Crippen molar-refractivity contribution in [2.45, 2.75) is 0 Å². The lowest BCUT2D eigenvalue weighted by atomic mass is 10.3. The Morgan fingerprint density at radius 2 is 1.79 bits per heavy atom. The molecule has 0 aromatic heterocycles. The van der Waals surface area contributed by atoms with Crippen molar-refractivity contribution >= 4 is 29.0 Å². The number of ether oxygens (including phenoxy) is 1. The molecule has 0 aliphatic heterocycles. The molecule has 0 aliphatic carbocycles. The van der Waals surface area contributed by atoms with Crippen molar-refractivity contribution in [3.63, 3.8) is 0 Å². The summed E-state index contributed by atoms with van der Waals surface area (Å²) >= 11 is 4.57. The van der Waals surface area contributed by atoms with Crippen LogP contribution in [-0.4, -0.2) is 36.5 Å². The number of thiocarbonyl (C=S) groups is 1. The molecule has 6 nitrogen and oxygen atoms in total. The van der Waals surface area contributed by atoms with E-state index in [0.29, 0.717) is 5.75 Å². The van der Waals surface area contributed by atoms with Crippen LogP contribution in [0.15, 0.2) is 30.3 Å². The fourth-order valence-corrected chi connectivity index (χ4v) is 1.25. The molecule has 0 saturated heterocycles. The van der Waals surface area contributed by atoms with Gasteiger partial charge in [-0.25, -0.2) is 0 Å². The van der Waals surface area contributed by atoms with Gasteiger partial charge in [0.25, 0.3) is 0 Å². The van der Waals surface area contributed by atoms with Gasteiger partial charge >= 0.3 is 11.8 Å². The second kappa shape index (κ2) is 8.04. The van der Waals surface area contributed by atoms with Crippen molar-refractivity contribution in [2.24, 2.45) is 5.73 Å². The molecule has 19 heavy (non-hydrogen) atoms. The first kappa shape index (κ1) is 14.9. The molecule has 0 aliphatic rings. The van der Waals surface area contributed by atoms with E-state index in [1.807, 2.05) is 18.2 Å². The molecular formula is C12H15N3O3S. The second-order valence-corrected chi connectivity index (χ2v) is 4.09. The fourth-order valence-electron chi connectivity index (χ4n) is 1.18. The summed E-state index contributed by atoms with van der Waals surface area (Å²) in [5.41, 5.74) is 5.19. The average Bonchev–Trinajstić information content (AvgIpc) is 2.41. The summed E-state index contributed by atoms with van der Waals surface area (Å²) in [4.78, 5) is 22.7. The second-order valence-electron chi connectivity index (χ2n) is 3.57.